The van der Waals surface area contributed by atoms with E-state index in [1.165, 1.54) is 7.11 Å². The van der Waals surface area contributed by atoms with Gasteiger partial charge in [-0.15, -0.1) is 11.6 Å². The third-order valence-corrected chi connectivity index (χ3v) is 2.80. The van der Waals surface area contributed by atoms with E-state index in [-0.39, 0.29) is 11.9 Å². The molecule has 0 aromatic rings. The van der Waals surface area contributed by atoms with Crippen molar-refractivity contribution < 1.29 is 9.53 Å². The third kappa shape index (κ3) is 2.11. The van der Waals surface area contributed by atoms with E-state index < -0.39 is 5.38 Å². The van der Waals surface area contributed by atoms with Crippen molar-refractivity contribution in [2.45, 2.75) is 11.8 Å². The van der Waals surface area contributed by atoms with Crippen molar-refractivity contribution in [2.24, 2.45) is 5.92 Å². The molecule has 1 rings (SSSR count). The summed E-state index contributed by atoms with van der Waals surface area (Å²) >= 11 is 5.90. The van der Waals surface area contributed by atoms with Crippen LogP contribution in [0.5, 0.6) is 0 Å². The Morgan fingerprint density at radius 2 is 2.42 bits per heavy atom. The number of hydrogen-bond acceptors (Lipinski definition) is 3. The average Bonchev–Trinajstić information content (AvgIpc) is 2.49. The van der Waals surface area contributed by atoms with Crippen LogP contribution in [0.2, 0.25) is 0 Å². The zero-order chi connectivity index (χ0) is 9.14. The summed E-state index contributed by atoms with van der Waals surface area (Å²) in [5.41, 5.74) is 0. The maximum Gasteiger partial charge on any atom is 0.324 e. The van der Waals surface area contributed by atoms with Gasteiger partial charge in [-0.05, 0) is 25.9 Å². The molecule has 1 aliphatic heterocycles. The van der Waals surface area contributed by atoms with Gasteiger partial charge in [0.2, 0.25) is 0 Å². The Balaban J connectivity index is 2.42. The van der Waals surface area contributed by atoms with Crippen LogP contribution in [0.25, 0.3) is 0 Å². The van der Waals surface area contributed by atoms with E-state index in [4.69, 9.17) is 11.6 Å². The molecule has 0 N–H and O–H groups in total. The molecule has 0 amide bonds. The number of methoxy groups -OCH3 is 1. The van der Waals surface area contributed by atoms with Crippen LogP contribution >= 0.6 is 11.6 Å². The molecular formula is C8H14ClNO2. The van der Waals surface area contributed by atoms with Crippen molar-refractivity contribution >= 4 is 17.6 Å². The summed E-state index contributed by atoms with van der Waals surface area (Å²) < 4.78 is 4.57. The van der Waals surface area contributed by atoms with Crippen LogP contribution in [0.15, 0.2) is 0 Å². The lowest BCUT2D eigenvalue weighted by Crippen LogP contribution is -2.27. The van der Waals surface area contributed by atoms with Gasteiger partial charge in [0.25, 0.3) is 0 Å². The number of rotatable bonds is 2. The first kappa shape index (κ1) is 9.81. The van der Waals surface area contributed by atoms with Crippen LogP contribution < -0.4 is 0 Å². The number of halogens is 1. The number of alkyl halides is 1. The van der Waals surface area contributed by atoms with Crippen molar-refractivity contribution in [2.75, 3.05) is 27.2 Å². The van der Waals surface area contributed by atoms with Crippen molar-refractivity contribution in [3.8, 4) is 0 Å². The minimum atomic E-state index is -0.472. The standard InChI is InChI=1S/C8H14ClNO2/c1-10-4-3-6(5-10)7(9)8(11)12-2/h6-7H,3-5H2,1-2H3. The van der Waals surface area contributed by atoms with Gasteiger partial charge >= 0.3 is 5.97 Å². The van der Waals surface area contributed by atoms with Gasteiger partial charge < -0.3 is 9.64 Å². The first-order chi connectivity index (χ1) is 5.65. The van der Waals surface area contributed by atoms with E-state index in [0.717, 1.165) is 19.5 Å². The largest absolute Gasteiger partial charge is 0.468 e. The maximum absolute atomic E-state index is 11.0. The lowest BCUT2D eigenvalue weighted by molar-refractivity contribution is -0.141. The van der Waals surface area contributed by atoms with Crippen LogP contribution in [0, 0.1) is 5.92 Å². The summed E-state index contributed by atoms with van der Waals surface area (Å²) in [4.78, 5) is 13.2. The fourth-order valence-corrected chi connectivity index (χ4v) is 1.81. The molecule has 2 unspecified atom stereocenters. The average molecular weight is 192 g/mol. The van der Waals surface area contributed by atoms with Gasteiger partial charge in [-0.2, -0.15) is 0 Å². The Morgan fingerprint density at radius 1 is 1.75 bits per heavy atom. The summed E-state index contributed by atoms with van der Waals surface area (Å²) in [6.07, 6.45) is 0.986. The topological polar surface area (TPSA) is 29.5 Å². The molecule has 12 heavy (non-hydrogen) atoms. The fraction of sp³-hybridized carbons (Fsp3) is 0.875. The Morgan fingerprint density at radius 3 is 2.83 bits per heavy atom. The Labute approximate surface area is 77.6 Å². The SMILES string of the molecule is COC(=O)C(Cl)C1CCN(C)C1. The Bertz CT molecular complexity index is 174. The number of esters is 1. The smallest absolute Gasteiger partial charge is 0.324 e. The minimum Gasteiger partial charge on any atom is -0.468 e. The minimum absolute atomic E-state index is 0.254. The Kier molecular flexibility index (Phi) is 3.35. The van der Waals surface area contributed by atoms with E-state index in [0.29, 0.717) is 0 Å². The summed E-state index contributed by atoms with van der Waals surface area (Å²) in [6, 6.07) is 0. The number of carbonyl (C=O) groups excluding carboxylic acids is 1. The molecule has 1 heterocycles. The molecule has 0 aliphatic carbocycles. The van der Waals surface area contributed by atoms with E-state index in [2.05, 4.69) is 9.64 Å². The zero-order valence-electron chi connectivity index (χ0n) is 7.42. The number of carbonyl (C=O) groups is 1. The molecule has 1 aliphatic rings. The van der Waals surface area contributed by atoms with Crippen molar-refractivity contribution in [3.05, 3.63) is 0 Å². The lowest BCUT2D eigenvalue weighted by Gasteiger charge is -2.14. The molecule has 1 saturated heterocycles. The van der Waals surface area contributed by atoms with Gasteiger partial charge in [0.1, 0.15) is 5.38 Å². The second-order valence-electron chi connectivity index (χ2n) is 3.24. The molecule has 3 nitrogen and oxygen atoms in total. The van der Waals surface area contributed by atoms with Crippen LogP contribution in [-0.2, 0) is 9.53 Å². The normalized spacial score (nSPS) is 27.1. The van der Waals surface area contributed by atoms with Crippen LogP contribution in [0.4, 0.5) is 0 Å². The number of likely N-dealkylation sites (tertiary alicyclic amines) is 1. The number of ether oxygens (including phenoxy) is 1. The highest BCUT2D eigenvalue weighted by atomic mass is 35.5. The first-order valence-electron chi connectivity index (χ1n) is 4.05. The van der Waals surface area contributed by atoms with Gasteiger partial charge in [-0.3, -0.25) is 4.79 Å². The molecule has 0 aromatic heterocycles. The highest BCUT2D eigenvalue weighted by Gasteiger charge is 2.31. The summed E-state index contributed by atoms with van der Waals surface area (Å²) in [5.74, 6) is -0.0546. The summed E-state index contributed by atoms with van der Waals surface area (Å²) in [6.45, 7) is 1.91. The highest BCUT2D eigenvalue weighted by Crippen LogP contribution is 2.22. The molecule has 2 atom stereocenters. The predicted molar refractivity (Wildman–Crippen MR) is 47.3 cm³/mol. The molecule has 0 radical (unpaired) electrons. The molecule has 1 fully saturated rings. The molecule has 0 bridgehead atoms. The predicted octanol–water partition coefficient (Wildman–Crippen LogP) is 0.718. The summed E-state index contributed by atoms with van der Waals surface area (Å²) in [5, 5.41) is -0.472. The quantitative estimate of drug-likeness (QED) is 0.476. The number of nitrogens with zero attached hydrogens (tertiary/aromatic N) is 1. The van der Waals surface area contributed by atoms with Crippen molar-refractivity contribution in [1.82, 2.24) is 4.90 Å². The Hall–Kier alpha value is -0.280. The van der Waals surface area contributed by atoms with Crippen LogP contribution in [0.1, 0.15) is 6.42 Å². The van der Waals surface area contributed by atoms with Gasteiger partial charge in [-0.25, -0.2) is 0 Å². The van der Waals surface area contributed by atoms with Crippen LogP contribution in [-0.4, -0.2) is 43.5 Å². The molecule has 0 saturated carbocycles. The zero-order valence-corrected chi connectivity index (χ0v) is 8.17. The lowest BCUT2D eigenvalue weighted by atomic mass is 10.1. The molecular weight excluding hydrogens is 178 g/mol. The number of hydrogen-bond donors (Lipinski definition) is 0. The van der Waals surface area contributed by atoms with E-state index in [1.807, 2.05) is 7.05 Å². The molecule has 70 valence electrons. The summed E-state index contributed by atoms with van der Waals surface area (Å²) in [7, 11) is 3.40. The van der Waals surface area contributed by atoms with E-state index in [9.17, 15) is 4.79 Å². The molecule has 0 spiro atoms. The third-order valence-electron chi connectivity index (χ3n) is 2.27. The fourth-order valence-electron chi connectivity index (χ4n) is 1.51. The van der Waals surface area contributed by atoms with Gasteiger partial charge in [0, 0.05) is 6.54 Å². The van der Waals surface area contributed by atoms with Gasteiger partial charge in [0.15, 0.2) is 0 Å². The molecule has 0 aromatic carbocycles. The maximum atomic E-state index is 11.0. The van der Waals surface area contributed by atoms with Crippen molar-refractivity contribution in [3.63, 3.8) is 0 Å². The monoisotopic (exact) mass is 191 g/mol. The second-order valence-corrected chi connectivity index (χ2v) is 3.71. The van der Waals surface area contributed by atoms with E-state index >= 15 is 0 Å². The van der Waals surface area contributed by atoms with Crippen LogP contribution in [0.3, 0.4) is 0 Å². The second kappa shape index (κ2) is 4.10. The highest BCUT2D eigenvalue weighted by molar-refractivity contribution is 6.30. The first-order valence-corrected chi connectivity index (χ1v) is 4.49. The van der Waals surface area contributed by atoms with Crippen molar-refractivity contribution in [1.29, 1.82) is 0 Å². The van der Waals surface area contributed by atoms with Gasteiger partial charge in [0.05, 0.1) is 7.11 Å². The molecule has 4 heteroatoms. The van der Waals surface area contributed by atoms with E-state index in [1.54, 1.807) is 0 Å². The van der Waals surface area contributed by atoms with Gasteiger partial charge in [-0.1, -0.05) is 0 Å².